The molecule has 0 spiro atoms. The lowest BCUT2D eigenvalue weighted by atomic mass is 10.1. The van der Waals surface area contributed by atoms with Crippen LogP contribution in [-0.4, -0.2) is 29.8 Å². The quantitative estimate of drug-likeness (QED) is 0.901. The predicted molar refractivity (Wildman–Crippen MR) is 73.0 cm³/mol. The Morgan fingerprint density at radius 1 is 1.33 bits per heavy atom. The van der Waals surface area contributed by atoms with Gasteiger partial charge in [0.1, 0.15) is 0 Å². The molecule has 0 saturated heterocycles. The van der Waals surface area contributed by atoms with Gasteiger partial charge in [0.15, 0.2) is 5.69 Å². The molecule has 1 N–H and O–H groups in total. The summed E-state index contributed by atoms with van der Waals surface area (Å²) in [5, 5.41) is 12.3. The monoisotopic (exact) mass is 246 g/mol. The first kappa shape index (κ1) is 12.5. The minimum absolute atomic E-state index is 0.378. The molecule has 2 rings (SSSR count). The van der Waals surface area contributed by atoms with Gasteiger partial charge in [0.25, 0.3) is 0 Å². The first-order valence-electron chi connectivity index (χ1n) is 6.11. The number of benzene rings is 1. The average molecular weight is 246 g/mol. The van der Waals surface area contributed by atoms with Gasteiger partial charge in [-0.1, -0.05) is 31.5 Å². The summed E-state index contributed by atoms with van der Waals surface area (Å²) < 4.78 is 1.77. The maximum atomic E-state index is 11.5. The maximum absolute atomic E-state index is 11.5. The van der Waals surface area contributed by atoms with Crippen LogP contribution in [0.15, 0.2) is 24.3 Å². The summed E-state index contributed by atoms with van der Waals surface area (Å²) in [6.45, 7) is 2.06. The van der Waals surface area contributed by atoms with Crippen LogP contribution in [-0.2, 0) is 6.42 Å². The van der Waals surface area contributed by atoms with Crippen LogP contribution < -0.4 is 5.01 Å². The number of hydrogen-bond acceptors (Lipinski definition) is 2. The molecule has 0 unspecified atom stereocenters. The summed E-state index contributed by atoms with van der Waals surface area (Å²) in [4.78, 5) is 11.5. The van der Waals surface area contributed by atoms with Crippen LogP contribution in [0.4, 0.5) is 0 Å². The Labute approximate surface area is 106 Å². The molecule has 0 saturated carbocycles. The summed E-state index contributed by atoms with van der Waals surface area (Å²) in [6.07, 6.45) is 1.71. The fourth-order valence-corrected chi connectivity index (χ4v) is 2.43. The Morgan fingerprint density at radius 3 is 2.56 bits per heavy atom. The van der Waals surface area contributed by atoms with Crippen LogP contribution in [0.2, 0.25) is 0 Å². The van der Waals surface area contributed by atoms with Crippen molar-refractivity contribution in [3.63, 3.8) is 0 Å². The largest absolute Gasteiger partial charge is 0.477 e. The fraction of sp³-hybridized carbons (Fsp3) is 0.357. The van der Waals surface area contributed by atoms with Crippen LogP contribution in [0, 0.1) is 0 Å². The summed E-state index contributed by atoms with van der Waals surface area (Å²) in [6, 6.07) is 7.84. The van der Waals surface area contributed by atoms with E-state index in [2.05, 4.69) is 6.92 Å². The Bertz CT molecular complexity index is 585. The van der Waals surface area contributed by atoms with E-state index in [0.29, 0.717) is 5.69 Å². The fourth-order valence-electron chi connectivity index (χ4n) is 2.43. The molecule has 4 nitrogen and oxygen atoms in total. The van der Waals surface area contributed by atoms with Crippen molar-refractivity contribution in [3.05, 3.63) is 35.5 Å². The van der Waals surface area contributed by atoms with Gasteiger partial charge in [0, 0.05) is 19.5 Å². The van der Waals surface area contributed by atoms with Crippen molar-refractivity contribution in [2.24, 2.45) is 0 Å². The topological polar surface area (TPSA) is 45.5 Å². The predicted octanol–water partition coefficient (Wildman–Crippen LogP) is 2.49. The zero-order chi connectivity index (χ0) is 13.3. The van der Waals surface area contributed by atoms with Gasteiger partial charge in [0.2, 0.25) is 0 Å². The van der Waals surface area contributed by atoms with Crippen LogP contribution in [0.1, 0.15) is 29.4 Å². The average Bonchev–Trinajstić information content (AvgIpc) is 2.65. The van der Waals surface area contributed by atoms with Gasteiger partial charge in [-0.25, -0.2) is 4.79 Å². The van der Waals surface area contributed by atoms with E-state index in [0.717, 1.165) is 29.3 Å². The van der Waals surface area contributed by atoms with Gasteiger partial charge in [-0.05, 0) is 18.1 Å². The van der Waals surface area contributed by atoms with E-state index in [-0.39, 0.29) is 0 Å². The third kappa shape index (κ3) is 1.83. The molecular formula is C14H18N2O2. The van der Waals surface area contributed by atoms with Crippen molar-refractivity contribution in [1.82, 2.24) is 4.68 Å². The zero-order valence-electron chi connectivity index (χ0n) is 11.0. The first-order chi connectivity index (χ1) is 8.57. The molecule has 1 heterocycles. The lowest BCUT2D eigenvalue weighted by Crippen LogP contribution is -2.28. The summed E-state index contributed by atoms with van der Waals surface area (Å²) in [5.41, 5.74) is 2.25. The van der Waals surface area contributed by atoms with Gasteiger partial charge in [-0.3, -0.25) is 4.68 Å². The second-order valence-electron chi connectivity index (χ2n) is 4.56. The second-order valence-corrected chi connectivity index (χ2v) is 4.56. The van der Waals surface area contributed by atoms with Crippen molar-refractivity contribution in [3.8, 4) is 0 Å². The van der Waals surface area contributed by atoms with E-state index in [4.69, 9.17) is 0 Å². The molecule has 0 radical (unpaired) electrons. The van der Waals surface area contributed by atoms with E-state index in [9.17, 15) is 9.90 Å². The highest BCUT2D eigenvalue weighted by Crippen LogP contribution is 2.27. The van der Waals surface area contributed by atoms with Crippen LogP contribution in [0.3, 0.4) is 0 Å². The van der Waals surface area contributed by atoms with Crippen LogP contribution in [0.25, 0.3) is 10.9 Å². The standard InChI is InChI=1S/C14H18N2O2/c1-4-7-11-10-8-5-6-9-12(10)16(15(2)3)13(11)14(17)18/h5-6,8-9H,4,7H2,1-3H3,(H,17,18). The van der Waals surface area contributed by atoms with Crippen LogP contribution >= 0.6 is 0 Å². The molecule has 0 atom stereocenters. The normalized spacial score (nSPS) is 10.8. The molecule has 1 aromatic heterocycles. The highest BCUT2D eigenvalue weighted by atomic mass is 16.4. The second kappa shape index (κ2) is 4.72. The number of carboxylic acids is 1. The molecule has 18 heavy (non-hydrogen) atoms. The van der Waals surface area contributed by atoms with Crippen LogP contribution in [0.5, 0.6) is 0 Å². The van der Waals surface area contributed by atoms with E-state index < -0.39 is 5.97 Å². The van der Waals surface area contributed by atoms with Crippen molar-refractivity contribution < 1.29 is 9.90 Å². The molecule has 0 aliphatic rings. The van der Waals surface area contributed by atoms with E-state index >= 15 is 0 Å². The summed E-state index contributed by atoms with van der Waals surface area (Å²) in [7, 11) is 3.71. The first-order valence-corrected chi connectivity index (χ1v) is 6.11. The highest BCUT2D eigenvalue weighted by molar-refractivity contribution is 5.98. The number of carbonyl (C=O) groups is 1. The van der Waals surface area contributed by atoms with Gasteiger partial charge in [-0.2, -0.15) is 0 Å². The minimum Gasteiger partial charge on any atom is -0.477 e. The molecule has 96 valence electrons. The SMILES string of the molecule is CCCc1c(C(=O)O)n(N(C)C)c2ccccc12. The summed E-state index contributed by atoms with van der Waals surface area (Å²) in [5.74, 6) is -0.872. The smallest absolute Gasteiger partial charge is 0.354 e. The Balaban J connectivity index is 2.86. The van der Waals surface area contributed by atoms with E-state index in [1.54, 1.807) is 4.68 Å². The van der Waals surface area contributed by atoms with Gasteiger partial charge in [-0.15, -0.1) is 0 Å². The number of aromatic carboxylic acids is 1. The maximum Gasteiger partial charge on any atom is 0.354 e. The number of carboxylic acid groups (broad SMARTS) is 1. The lowest BCUT2D eigenvalue weighted by molar-refractivity contribution is 0.0684. The number of aryl methyl sites for hydroxylation is 1. The van der Waals surface area contributed by atoms with E-state index in [1.165, 1.54) is 0 Å². The summed E-state index contributed by atoms with van der Waals surface area (Å²) >= 11 is 0. The molecule has 0 aliphatic heterocycles. The van der Waals surface area contributed by atoms with Gasteiger partial charge < -0.3 is 10.1 Å². The third-order valence-electron chi connectivity index (χ3n) is 3.06. The zero-order valence-corrected chi connectivity index (χ0v) is 11.0. The third-order valence-corrected chi connectivity index (χ3v) is 3.06. The van der Waals surface area contributed by atoms with Crippen molar-refractivity contribution in [2.45, 2.75) is 19.8 Å². The molecular weight excluding hydrogens is 228 g/mol. The molecule has 0 fully saturated rings. The number of hydrogen-bond donors (Lipinski definition) is 1. The molecule has 1 aromatic carbocycles. The van der Waals surface area contributed by atoms with Crippen molar-refractivity contribution in [1.29, 1.82) is 0 Å². The molecule has 0 bridgehead atoms. The number of fused-ring (bicyclic) bond motifs is 1. The highest BCUT2D eigenvalue weighted by Gasteiger charge is 2.22. The Hall–Kier alpha value is -1.97. The number of aromatic nitrogens is 1. The molecule has 0 aliphatic carbocycles. The Morgan fingerprint density at radius 2 is 2.00 bits per heavy atom. The number of nitrogens with zero attached hydrogens (tertiary/aromatic N) is 2. The van der Waals surface area contributed by atoms with Gasteiger partial charge >= 0.3 is 5.97 Å². The minimum atomic E-state index is -0.872. The number of rotatable bonds is 4. The Kier molecular flexibility index (Phi) is 3.28. The van der Waals surface area contributed by atoms with Crippen molar-refractivity contribution >= 4 is 16.9 Å². The molecule has 2 aromatic rings. The van der Waals surface area contributed by atoms with Gasteiger partial charge in [0.05, 0.1) is 5.52 Å². The number of para-hydroxylation sites is 1. The lowest BCUT2D eigenvalue weighted by Gasteiger charge is -2.18. The van der Waals surface area contributed by atoms with Crippen molar-refractivity contribution in [2.75, 3.05) is 19.1 Å². The van der Waals surface area contributed by atoms with E-state index in [1.807, 2.05) is 43.4 Å². The molecule has 4 heteroatoms. The molecule has 0 amide bonds.